The van der Waals surface area contributed by atoms with E-state index in [0.717, 1.165) is 26.9 Å². The molecule has 8 heteroatoms. The van der Waals surface area contributed by atoms with Gasteiger partial charge in [0.1, 0.15) is 5.69 Å². The van der Waals surface area contributed by atoms with Crippen molar-refractivity contribution < 1.29 is 4.79 Å². The summed E-state index contributed by atoms with van der Waals surface area (Å²) in [4.78, 5) is 33.0. The quantitative estimate of drug-likeness (QED) is 0.368. The van der Waals surface area contributed by atoms with E-state index in [0.29, 0.717) is 22.2 Å². The second-order valence-corrected chi connectivity index (χ2v) is 8.42. The van der Waals surface area contributed by atoms with Crippen LogP contribution in [-0.2, 0) is 6.54 Å². The lowest BCUT2D eigenvalue weighted by Crippen LogP contribution is -2.31. The van der Waals surface area contributed by atoms with Crippen molar-refractivity contribution in [2.75, 3.05) is 4.90 Å². The minimum absolute atomic E-state index is 0.254. The number of hydrogen-bond donors (Lipinski definition) is 0. The minimum Gasteiger partial charge on any atom is -0.278 e. The zero-order chi connectivity index (χ0) is 21.4. The summed E-state index contributed by atoms with van der Waals surface area (Å²) in [7, 11) is 0. The maximum absolute atomic E-state index is 13.6. The predicted molar refractivity (Wildman–Crippen MR) is 124 cm³/mol. The Morgan fingerprint density at radius 3 is 2.65 bits per heavy atom. The van der Waals surface area contributed by atoms with Gasteiger partial charge in [-0.05, 0) is 42.3 Å². The van der Waals surface area contributed by atoms with Crippen LogP contribution in [0.1, 0.15) is 21.6 Å². The molecular weight excluding hydrogens is 430 g/mol. The van der Waals surface area contributed by atoms with Crippen LogP contribution < -0.4 is 4.90 Å². The summed E-state index contributed by atoms with van der Waals surface area (Å²) in [6.07, 6.45) is 4.94. The van der Waals surface area contributed by atoms with E-state index in [9.17, 15) is 4.79 Å². The normalized spacial score (nSPS) is 11.2. The number of aromatic nitrogens is 4. The van der Waals surface area contributed by atoms with Crippen LogP contribution in [0.4, 0.5) is 5.13 Å². The van der Waals surface area contributed by atoms with Crippen LogP contribution in [0.15, 0.2) is 67.1 Å². The smallest absolute Gasteiger partial charge is 0.278 e. The number of amides is 1. The molecule has 0 radical (unpaired) electrons. The molecule has 1 amide bonds. The topological polar surface area (TPSA) is 71.9 Å². The number of carbonyl (C=O) groups excluding carboxylic acids is 1. The van der Waals surface area contributed by atoms with Gasteiger partial charge in [0.2, 0.25) is 0 Å². The number of nitrogens with zero attached hydrogens (tertiary/aromatic N) is 5. The number of hydrogen-bond acceptors (Lipinski definition) is 6. The number of halogens is 1. The number of para-hydroxylation sites is 2. The van der Waals surface area contributed by atoms with E-state index in [4.69, 9.17) is 16.6 Å². The molecule has 0 aliphatic rings. The summed E-state index contributed by atoms with van der Waals surface area (Å²) in [6, 6.07) is 15.0. The lowest BCUT2D eigenvalue weighted by molar-refractivity contribution is 0.0980. The fourth-order valence-corrected chi connectivity index (χ4v) is 4.62. The summed E-state index contributed by atoms with van der Waals surface area (Å²) in [5, 5.41) is 1.17. The Hall–Kier alpha value is -3.42. The third kappa shape index (κ3) is 3.73. The van der Waals surface area contributed by atoms with Crippen LogP contribution >= 0.6 is 22.9 Å². The maximum atomic E-state index is 13.6. The first-order valence-corrected chi connectivity index (χ1v) is 10.8. The highest BCUT2D eigenvalue weighted by molar-refractivity contribution is 7.23. The molecule has 0 saturated carbocycles. The second kappa shape index (κ2) is 8.02. The highest BCUT2D eigenvalue weighted by atomic mass is 35.5. The largest absolute Gasteiger partial charge is 0.280 e. The monoisotopic (exact) mass is 445 g/mol. The van der Waals surface area contributed by atoms with E-state index in [1.165, 1.54) is 17.5 Å². The number of rotatable bonds is 4. The van der Waals surface area contributed by atoms with E-state index in [2.05, 4.69) is 15.0 Å². The van der Waals surface area contributed by atoms with Crippen LogP contribution in [0.25, 0.3) is 21.3 Å². The summed E-state index contributed by atoms with van der Waals surface area (Å²) in [5.41, 5.74) is 4.33. The molecule has 6 nitrogen and oxygen atoms in total. The standard InChI is InChI=1S/C23H16ClN5OS/c1-14-8-9-16(24)21-20(14)28-23(31-21)29(13-15-5-4-10-25-11-15)22(30)19-12-26-17-6-2-3-7-18(17)27-19/h2-12H,13H2,1H3. The average molecular weight is 446 g/mol. The number of pyridine rings is 1. The molecule has 152 valence electrons. The van der Waals surface area contributed by atoms with E-state index < -0.39 is 0 Å². The summed E-state index contributed by atoms with van der Waals surface area (Å²) in [5.74, 6) is -0.282. The molecule has 2 aromatic carbocycles. The second-order valence-electron chi connectivity index (χ2n) is 7.03. The molecule has 0 saturated heterocycles. The zero-order valence-corrected chi connectivity index (χ0v) is 18.1. The first kappa shape index (κ1) is 19.5. The van der Waals surface area contributed by atoms with E-state index in [-0.39, 0.29) is 11.6 Å². The summed E-state index contributed by atoms with van der Waals surface area (Å²) < 4.78 is 0.852. The molecular formula is C23H16ClN5OS. The highest BCUT2D eigenvalue weighted by Crippen LogP contribution is 2.36. The van der Waals surface area contributed by atoms with Gasteiger partial charge in [0.15, 0.2) is 5.13 Å². The van der Waals surface area contributed by atoms with Gasteiger partial charge in [-0.25, -0.2) is 9.97 Å². The van der Waals surface area contributed by atoms with Crippen LogP contribution in [0.5, 0.6) is 0 Å². The van der Waals surface area contributed by atoms with Crippen LogP contribution in [0, 0.1) is 6.92 Å². The number of fused-ring (bicyclic) bond motifs is 2. The Bertz CT molecular complexity index is 1380. The van der Waals surface area contributed by atoms with Crippen LogP contribution in [0.3, 0.4) is 0 Å². The predicted octanol–water partition coefficient (Wildman–Crippen LogP) is 5.44. The van der Waals surface area contributed by atoms with Crippen LogP contribution in [0.2, 0.25) is 5.02 Å². The minimum atomic E-state index is -0.282. The van der Waals surface area contributed by atoms with Gasteiger partial charge in [-0.2, -0.15) is 0 Å². The van der Waals surface area contributed by atoms with Crippen molar-refractivity contribution in [2.45, 2.75) is 13.5 Å². The van der Waals surface area contributed by atoms with Crippen molar-refractivity contribution in [2.24, 2.45) is 0 Å². The average Bonchev–Trinajstić information content (AvgIpc) is 3.26. The molecule has 31 heavy (non-hydrogen) atoms. The Kier molecular flexibility index (Phi) is 5.05. The van der Waals surface area contributed by atoms with Crippen molar-refractivity contribution in [3.8, 4) is 0 Å². The number of thiazole rings is 1. The van der Waals surface area contributed by atoms with Crippen molar-refractivity contribution in [1.29, 1.82) is 0 Å². The van der Waals surface area contributed by atoms with E-state index in [1.807, 2.05) is 55.5 Å². The molecule has 0 aliphatic heterocycles. The van der Waals surface area contributed by atoms with Gasteiger partial charge in [0.05, 0.1) is 39.0 Å². The molecule has 0 N–H and O–H groups in total. The third-order valence-electron chi connectivity index (χ3n) is 4.89. The van der Waals surface area contributed by atoms with Crippen LogP contribution in [-0.4, -0.2) is 25.8 Å². The zero-order valence-electron chi connectivity index (χ0n) is 16.5. The Balaban J connectivity index is 1.62. The molecule has 5 rings (SSSR count). The lowest BCUT2D eigenvalue weighted by atomic mass is 10.2. The first-order chi connectivity index (χ1) is 15.1. The molecule has 3 heterocycles. The van der Waals surface area contributed by atoms with E-state index in [1.54, 1.807) is 17.3 Å². The number of carbonyl (C=O) groups is 1. The lowest BCUT2D eigenvalue weighted by Gasteiger charge is -2.19. The molecule has 0 fully saturated rings. The molecule has 3 aromatic heterocycles. The van der Waals surface area contributed by atoms with Crippen molar-refractivity contribution in [1.82, 2.24) is 19.9 Å². The molecule has 0 aliphatic carbocycles. The summed E-state index contributed by atoms with van der Waals surface area (Å²) in [6.45, 7) is 2.28. The number of anilines is 1. The third-order valence-corrected chi connectivity index (χ3v) is 6.43. The first-order valence-electron chi connectivity index (χ1n) is 9.58. The molecule has 0 spiro atoms. The fourth-order valence-electron chi connectivity index (χ4n) is 3.31. The number of benzene rings is 2. The van der Waals surface area contributed by atoms with Gasteiger partial charge in [0, 0.05) is 12.4 Å². The van der Waals surface area contributed by atoms with Crippen molar-refractivity contribution in [3.63, 3.8) is 0 Å². The van der Waals surface area contributed by atoms with E-state index >= 15 is 0 Å². The fraction of sp³-hybridized carbons (Fsp3) is 0.0870. The van der Waals surface area contributed by atoms with Gasteiger partial charge >= 0.3 is 0 Å². The number of aryl methyl sites for hydroxylation is 1. The molecule has 5 aromatic rings. The van der Waals surface area contributed by atoms with Gasteiger partial charge in [-0.15, -0.1) is 0 Å². The Morgan fingerprint density at radius 1 is 1.03 bits per heavy atom. The molecule has 0 atom stereocenters. The SMILES string of the molecule is Cc1ccc(Cl)c2sc(N(Cc3cccnc3)C(=O)c3cnc4ccccc4n3)nc12. The maximum Gasteiger partial charge on any atom is 0.280 e. The highest BCUT2D eigenvalue weighted by Gasteiger charge is 2.24. The Labute approximate surface area is 187 Å². The van der Waals surface area contributed by atoms with Gasteiger partial charge in [-0.3, -0.25) is 19.7 Å². The van der Waals surface area contributed by atoms with Gasteiger partial charge in [0.25, 0.3) is 5.91 Å². The van der Waals surface area contributed by atoms with Gasteiger partial charge in [-0.1, -0.05) is 47.2 Å². The van der Waals surface area contributed by atoms with Crippen molar-refractivity contribution >= 4 is 55.2 Å². The van der Waals surface area contributed by atoms with Gasteiger partial charge < -0.3 is 0 Å². The van der Waals surface area contributed by atoms with Crippen molar-refractivity contribution in [3.05, 3.63) is 89.0 Å². The molecule has 0 unspecified atom stereocenters. The molecule has 0 bridgehead atoms. The Morgan fingerprint density at radius 2 is 1.87 bits per heavy atom. The summed E-state index contributed by atoms with van der Waals surface area (Å²) >= 11 is 7.79.